The van der Waals surface area contributed by atoms with E-state index < -0.39 is 20.0 Å². The van der Waals surface area contributed by atoms with Crippen molar-refractivity contribution < 1.29 is 16.8 Å². The smallest absolute Gasteiger partial charge is 0.212 e. The van der Waals surface area contributed by atoms with Crippen LogP contribution in [0.3, 0.4) is 0 Å². The molecule has 1 fully saturated rings. The number of sulfonamides is 2. The van der Waals surface area contributed by atoms with Gasteiger partial charge in [0.2, 0.25) is 20.0 Å². The van der Waals surface area contributed by atoms with Gasteiger partial charge in [-0.2, -0.15) is 8.61 Å². The Morgan fingerprint density at radius 1 is 0.773 bits per heavy atom. The van der Waals surface area contributed by atoms with Gasteiger partial charge in [-0.1, -0.05) is 0 Å². The average Bonchev–Trinajstić information content (AvgIpc) is 3.07. The Morgan fingerprint density at radius 2 is 1.09 bits per heavy atom. The topological polar surface area (TPSA) is 74.8 Å². The van der Waals surface area contributed by atoms with E-state index in [1.807, 2.05) is 41.5 Å². The fraction of sp³-hybridized carbons (Fsp3) is 1.00. The largest absolute Gasteiger partial charge is 0.217 e. The monoisotopic (exact) mass is 356 g/mol. The summed E-state index contributed by atoms with van der Waals surface area (Å²) in [6.45, 7) is 11.3. The van der Waals surface area contributed by atoms with Crippen molar-refractivity contribution >= 4 is 20.0 Å². The lowest BCUT2D eigenvalue weighted by molar-refractivity contribution is 0.291. The molecule has 0 aliphatic heterocycles. The van der Waals surface area contributed by atoms with Crippen LogP contribution in [0.4, 0.5) is 0 Å². The van der Waals surface area contributed by atoms with Gasteiger partial charge in [-0.3, -0.25) is 0 Å². The molecule has 0 heterocycles. The minimum Gasteiger partial charge on any atom is -0.212 e. The maximum Gasteiger partial charge on any atom is 0.217 e. The molecule has 0 N–H and O–H groups in total. The molecular weight excluding hydrogens is 324 g/mol. The molecule has 0 aromatic heterocycles. The molecule has 1 rings (SSSR count). The molecule has 0 amide bonds. The van der Waals surface area contributed by atoms with E-state index in [0.29, 0.717) is 0 Å². The Labute approximate surface area is 137 Å². The summed E-state index contributed by atoms with van der Waals surface area (Å²) in [6, 6.07) is 0. The molecule has 0 radical (unpaired) electrons. The van der Waals surface area contributed by atoms with Crippen LogP contribution in [0.2, 0.25) is 0 Å². The third-order valence-electron chi connectivity index (χ3n) is 3.71. The highest BCUT2D eigenvalue weighted by atomic mass is 32.2. The minimum atomic E-state index is -3.03. The Balaban J connectivity index is 0.000000409. The molecule has 8 heteroatoms. The summed E-state index contributed by atoms with van der Waals surface area (Å²) in [6.07, 6.45) is 2.88. The predicted octanol–water partition coefficient (Wildman–Crippen LogP) is 1.89. The van der Waals surface area contributed by atoms with Crippen molar-refractivity contribution in [2.45, 2.75) is 70.7 Å². The van der Waals surface area contributed by atoms with E-state index in [0.717, 1.165) is 12.8 Å². The van der Waals surface area contributed by atoms with E-state index in [1.54, 1.807) is 14.1 Å². The van der Waals surface area contributed by atoms with Crippen LogP contribution < -0.4 is 0 Å². The predicted molar refractivity (Wildman–Crippen MR) is 91.8 cm³/mol. The van der Waals surface area contributed by atoms with Gasteiger partial charge >= 0.3 is 0 Å². The zero-order chi connectivity index (χ0) is 18.1. The molecule has 0 spiro atoms. The normalized spacial score (nSPS) is 17.4. The van der Waals surface area contributed by atoms with Crippen molar-refractivity contribution in [2.24, 2.45) is 0 Å². The molecule has 0 saturated heterocycles. The fourth-order valence-corrected chi connectivity index (χ4v) is 4.41. The number of rotatable bonds is 3. The Kier molecular flexibility index (Phi) is 6.69. The summed E-state index contributed by atoms with van der Waals surface area (Å²) >= 11 is 0. The highest BCUT2D eigenvalue weighted by Gasteiger charge is 2.41. The van der Waals surface area contributed by atoms with Gasteiger partial charge in [-0.25, -0.2) is 16.8 Å². The maximum absolute atomic E-state index is 11.7. The van der Waals surface area contributed by atoms with E-state index in [4.69, 9.17) is 0 Å². The quantitative estimate of drug-likeness (QED) is 0.774. The van der Waals surface area contributed by atoms with Gasteiger partial charge in [0.1, 0.15) is 0 Å². The minimum absolute atomic E-state index is 0.0956. The third-order valence-corrected chi connectivity index (χ3v) is 7.88. The molecule has 0 aromatic carbocycles. The first-order chi connectivity index (χ1) is 9.41. The van der Waals surface area contributed by atoms with E-state index in [1.165, 1.54) is 14.9 Å². The lowest BCUT2D eigenvalue weighted by atomic mass is 10.1. The third kappa shape index (κ3) is 6.52. The highest BCUT2D eigenvalue weighted by Crippen LogP contribution is 2.33. The van der Waals surface area contributed by atoms with Crippen LogP contribution in [0.1, 0.15) is 54.4 Å². The van der Waals surface area contributed by atoms with Gasteiger partial charge in [-0.05, 0) is 54.4 Å². The average molecular weight is 357 g/mol. The maximum atomic E-state index is 11.7. The van der Waals surface area contributed by atoms with Crippen LogP contribution in [-0.4, -0.2) is 62.1 Å². The van der Waals surface area contributed by atoms with Crippen LogP contribution in [0.15, 0.2) is 0 Å². The van der Waals surface area contributed by atoms with Crippen molar-refractivity contribution in [3.8, 4) is 0 Å². The Hall–Kier alpha value is -0.180. The van der Waals surface area contributed by atoms with Crippen LogP contribution >= 0.6 is 0 Å². The second-order valence-electron chi connectivity index (χ2n) is 7.78. The zero-order valence-corrected chi connectivity index (χ0v) is 17.0. The lowest BCUT2D eigenvalue weighted by Gasteiger charge is -2.30. The van der Waals surface area contributed by atoms with Crippen LogP contribution in [-0.2, 0) is 20.0 Å². The summed E-state index contributed by atoms with van der Waals surface area (Å²) < 4.78 is 48.0. The molecule has 1 aliphatic carbocycles. The van der Waals surface area contributed by atoms with Crippen molar-refractivity contribution in [1.29, 1.82) is 0 Å². The number of nitrogens with zero attached hydrogens (tertiary/aromatic N) is 2. The molecule has 0 aromatic rings. The fourth-order valence-electron chi connectivity index (χ4n) is 1.47. The molecule has 6 nitrogen and oxygen atoms in total. The second kappa shape index (κ2) is 6.75. The Morgan fingerprint density at radius 3 is 1.23 bits per heavy atom. The van der Waals surface area contributed by atoms with Gasteiger partial charge in [0.05, 0.1) is 11.5 Å². The number of hydrogen-bond donors (Lipinski definition) is 0. The summed E-state index contributed by atoms with van der Waals surface area (Å²) in [5.74, 6) is 0. The van der Waals surface area contributed by atoms with E-state index in [2.05, 4.69) is 0 Å². The van der Waals surface area contributed by atoms with E-state index in [9.17, 15) is 16.8 Å². The van der Waals surface area contributed by atoms with Crippen LogP contribution in [0.25, 0.3) is 0 Å². The van der Waals surface area contributed by atoms with E-state index >= 15 is 0 Å². The van der Waals surface area contributed by atoms with E-state index in [-0.39, 0.29) is 16.3 Å². The standard InChI is InChI=1S/C8H17NO2S.C6H15NO2S/c1-8(2,3)9(4)12(10,11)7-5-6-7;1-6(2,3)7(4)10(5,8)9/h7H,5-6H2,1-4H3;1-5H3. The Bertz CT molecular complexity index is 565. The summed E-state index contributed by atoms with van der Waals surface area (Å²) in [5, 5.41) is -0.0956. The molecule has 0 bridgehead atoms. The highest BCUT2D eigenvalue weighted by molar-refractivity contribution is 7.90. The van der Waals surface area contributed by atoms with Crippen molar-refractivity contribution in [3.05, 3.63) is 0 Å². The first kappa shape index (κ1) is 21.8. The summed E-state index contributed by atoms with van der Waals surface area (Å²) in [7, 11) is -2.78. The molecule has 1 saturated carbocycles. The molecular formula is C14H32N2O4S2. The second-order valence-corrected chi connectivity index (χ2v) is 12.0. The first-order valence-electron chi connectivity index (χ1n) is 7.33. The van der Waals surface area contributed by atoms with Gasteiger partial charge in [-0.15, -0.1) is 0 Å². The van der Waals surface area contributed by atoms with Gasteiger partial charge < -0.3 is 0 Å². The molecule has 0 atom stereocenters. The van der Waals surface area contributed by atoms with Crippen LogP contribution in [0.5, 0.6) is 0 Å². The summed E-state index contributed by atoms with van der Waals surface area (Å²) in [4.78, 5) is 0. The van der Waals surface area contributed by atoms with Gasteiger partial charge in [0.25, 0.3) is 0 Å². The first-order valence-corrected chi connectivity index (χ1v) is 10.7. The van der Waals surface area contributed by atoms with Crippen LogP contribution in [0, 0.1) is 0 Å². The lowest BCUT2D eigenvalue weighted by Crippen LogP contribution is -2.44. The molecule has 22 heavy (non-hydrogen) atoms. The molecule has 1 aliphatic rings. The van der Waals surface area contributed by atoms with Gasteiger partial charge in [0, 0.05) is 25.2 Å². The summed E-state index contributed by atoms with van der Waals surface area (Å²) in [5.41, 5.74) is -0.602. The SMILES string of the molecule is CN(C(C)(C)C)S(=O)(=O)C1CC1.CN(C(C)(C)C)S(C)(=O)=O. The molecule has 0 unspecified atom stereocenters. The van der Waals surface area contributed by atoms with Crippen molar-refractivity contribution in [1.82, 2.24) is 8.61 Å². The number of hydrogen-bond acceptors (Lipinski definition) is 4. The van der Waals surface area contributed by atoms with Crippen molar-refractivity contribution in [2.75, 3.05) is 20.4 Å². The molecule has 134 valence electrons. The zero-order valence-electron chi connectivity index (χ0n) is 15.3. The van der Waals surface area contributed by atoms with Crippen molar-refractivity contribution in [3.63, 3.8) is 0 Å². The van der Waals surface area contributed by atoms with Gasteiger partial charge in [0.15, 0.2) is 0 Å².